The maximum Gasteiger partial charge on any atom is 0.269 e. The molecule has 5 nitrogen and oxygen atoms in total. The van der Waals surface area contributed by atoms with Gasteiger partial charge in [0.1, 0.15) is 0 Å². The maximum atomic E-state index is 12.5. The van der Waals surface area contributed by atoms with Crippen LogP contribution in [0.4, 0.5) is 5.69 Å². The zero-order chi connectivity index (χ0) is 17.7. The van der Waals surface area contributed by atoms with Crippen LogP contribution in [-0.2, 0) is 11.3 Å². The topological polar surface area (TPSA) is 63.5 Å². The first-order valence-electron chi connectivity index (χ1n) is 7.58. The van der Waals surface area contributed by atoms with E-state index in [-0.39, 0.29) is 16.8 Å². The van der Waals surface area contributed by atoms with Crippen molar-refractivity contribution in [2.75, 3.05) is 7.05 Å². The van der Waals surface area contributed by atoms with E-state index in [0.29, 0.717) is 6.54 Å². The number of benzene rings is 2. The number of hydrogen-bond donors (Lipinski definition) is 0. The molecule has 0 aromatic heterocycles. The zero-order valence-corrected chi connectivity index (χ0v) is 14.7. The van der Waals surface area contributed by atoms with Crippen molar-refractivity contribution in [1.29, 1.82) is 0 Å². The number of carbonyl (C=O) groups excluding carboxylic acids is 1. The van der Waals surface area contributed by atoms with E-state index < -0.39 is 4.92 Å². The summed E-state index contributed by atoms with van der Waals surface area (Å²) >= 11 is 1.40. The van der Waals surface area contributed by atoms with Gasteiger partial charge in [-0.1, -0.05) is 29.8 Å². The van der Waals surface area contributed by atoms with Gasteiger partial charge in [0.15, 0.2) is 0 Å². The fraction of sp³-hybridized carbons (Fsp3) is 0.278. The van der Waals surface area contributed by atoms with Gasteiger partial charge in [0.2, 0.25) is 5.91 Å². The maximum absolute atomic E-state index is 12.5. The Morgan fingerprint density at radius 2 is 1.75 bits per heavy atom. The Balaban J connectivity index is 1.95. The van der Waals surface area contributed by atoms with Gasteiger partial charge in [-0.05, 0) is 31.5 Å². The summed E-state index contributed by atoms with van der Waals surface area (Å²) in [7, 11) is 1.79. The molecule has 0 aliphatic rings. The lowest BCUT2D eigenvalue weighted by atomic mass is 10.1. The summed E-state index contributed by atoms with van der Waals surface area (Å²) in [4.78, 5) is 25.3. The minimum atomic E-state index is -0.432. The summed E-state index contributed by atoms with van der Waals surface area (Å²) in [5.41, 5.74) is 2.33. The van der Waals surface area contributed by atoms with Crippen molar-refractivity contribution < 1.29 is 9.72 Å². The van der Waals surface area contributed by atoms with Crippen LogP contribution < -0.4 is 0 Å². The molecular formula is C18H20N2O3S. The normalized spacial score (nSPS) is 11.8. The third-order valence-electron chi connectivity index (χ3n) is 3.62. The molecule has 2 rings (SSSR count). The molecule has 0 aliphatic heterocycles. The van der Waals surface area contributed by atoms with Gasteiger partial charge in [-0.25, -0.2) is 0 Å². The van der Waals surface area contributed by atoms with E-state index in [1.165, 1.54) is 29.5 Å². The molecule has 0 radical (unpaired) electrons. The minimum absolute atomic E-state index is 0.0268. The molecule has 6 heteroatoms. The van der Waals surface area contributed by atoms with Crippen LogP contribution in [0.2, 0.25) is 0 Å². The standard InChI is InChI=1S/C18H20N2O3S/c1-13-4-6-15(7-5-13)12-19(3)18(21)14(2)24-17-10-8-16(9-11-17)20(22)23/h4-11,14H,12H2,1-3H3. The van der Waals surface area contributed by atoms with Gasteiger partial charge in [0.25, 0.3) is 5.69 Å². The molecule has 0 fully saturated rings. The summed E-state index contributed by atoms with van der Waals surface area (Å²) in [6.45, 7) is 4.44. The van der Waals surface area contributed by atoms with Crippen molar-refractivity contribution in [3.8, 4) is 0 Å². The lowest BCUT2D eigenvalue weighted by molar-refractivity contribution is -0.384. The monoisotopic (exact) mass is 344 g/mol. The average molecular weight is 344 g/mol. The van der Waals surface area contributed by atoms with Gasteiger partial charge in [0.05, 0.1) is 10.2 Å². The van der Waals surface area contributed by atoms with Crippen molar-refractivity contribution in [2.45, 2.75) is 30.5 Å². The molecule has 0 saturated carbocycles. The molecule has 0 saturated heterocycles. The Hall–Kier alpha value is -2.34. The van der Waals surface area contributed by atoms with Gasteiger partial charge in [-0.3, -0.25) is 14.9 Å². The number of thioether (sulfide) groups is 1. The van der Waals surface area contributed by atoms with E-state index in [1.54, 1.807) is 24.1 Å². The largest absolute Gasteiger partial charge is 0.340 e. The summed E-state index contributed by atoms with van der Waals surface area (Å²) in [6, 6.07) is 14.4. The smallest absolute Gasteiger partial charge is 0.269 e. The van der Waals surface area contributed by atoms with E-state index in [4.69, 9.17) is 0 Å². The predicted molar refractivity (Wildman–Crippen MR) is 96.1 cm³/mol. The van der Waals surface area contributed by atoms with Crippen LogP contribution in [0.15, 0.2) is 53.4 Å². The van der Waals surface area contributed by atoms with Crippen molar-refractivity contribution in [1.82, 2.24) is 4.90 Å². The van der Waals surface area contributed by atoms with Crippen LogP contribution in [0.3, 0.4) is 0 Å². The van der Waals surface area contributed by atoms with E-state index in [2.05, 4.69) is 0 Å². The molecule has 24 heavy (non-hydrogen) atoms. The molecule has 126 valence electrons. The van der Waals surface area contributed by atoms with Crippen molar-refractivity contribution in [3.63, 3.8) is 0 Å². The van der Waals surface area contributed by atoms with Crippen LogP contribution in [-0.4, -0.2) is 28.0 Å². The molecule has 0 spiro atoms. The number of rotatable bonds is 6. The van der Waals surface area contributed by atoms with Crippen LogP contribution in [0, 0.1) is 17.0 Å². The van der Waals surface area contributed by atoms with Crippen LogP contribution in [0.25, 0.3) is 0 Å². The number of nitrogens with zero attached hydrogens (tertiary/aromatic N) is 2. The average Bonchev–Trinajstić information content (AvgIpc) is 2.56. The summed E-state index contributed by atoms with van der Waals surface area (Å²) in [6.07, 6.45) is 0. The fourth-order valence-electron chi connectivity index (χ4n) is 2.26. The molecule has 1 amide bonds. The number of nitro groups is 1. The minimum Gasteiger partial charge on any atom is -0.340 e. The van der Waals surface area contributed by atoms with E-state index in [9.17, 15) is 14.9 Å². The molecule has 1 atom stereocenters. The quantitative estimate of drug-likeness (QED) is 0.451. The molecule has 0 aliphatic carbocycles. The number of hydrogen-bond acceptors (Lipinski definition) is 4. The number of nitro benzene ring substituents is 1. The second-order valence-corrected chi connectivity index (χ2v) is 7.11. The van der Waals surface area contributed by atoms with E-state index in [1.807, 2.05) is 38.1 Å². The molecule has 0 heterocycles. The summed E-state index contributed by atoms with van der Waals surface area (Å²) in [5.74, 6) is 0.0268. The number of aryl methyl sites for hydroxylation is 1. The molecule has 2 aromatic carbocycles. The predicted octanol–water partition coefficient (Wildman–Crippen LogP) is 4.04. The highest BCUT2D eigenvalue weighted by atomic mass is 32.2. The van der Waals surface area contributed by atoms with E-state index in [0.717, 1.165) is 10.5 Å². The molecule has 0 bridgehead atoms. The second kappa shape index (κ2) is 7.97. The number of non-ortho nitro benzene ring substituents is 1. The Bertz CT molecular complexity index is 714. The van der Waals surface area contributed by atoms with Crippen LogP contribution in [0.1, 0.15) is 18.1 Å². The Morgan fingerprint density at radius 3 is 2.29 bits per heavy atom. The van der Waals surface area contributed by atoms with Gasteiger partial charge in [-0.15, -0.1) is 11.8 Å². The summed E-state index contributed by atoms with van der Waals surface area (Å²) < 4.78 is 0. The van der Waals surface area contributed by atoms with E-state index >= 15 is 0 Å². The fourth-order valence-corrected chi connectivity index (χ4v) is 3.24. The second-order valence-electron chi connectivity index (χ2n) is 5.69. The van der Waals surface area contributed by atoms with Crippen molar-refractivity contribution in [2.24, 2.45) is 0 Å². The SMILES string of the molecule is Cc1ccc(CN(C)C(=O)C(C)Sc2ccc([N+](=O)[O-])cc2)cc1. The highest BCUT2D eigenvalue weighted by molar-refractivity contribution is 8.00. The van der Waals surface area contributed by atoms with Gasteiger partial charge < -0.3 is 4.90 Å². The molecular weight excluding hydrogens is 324 g/mol. The van der Waals surface area contributed by atoms with Crippen molar-refractivity contribution in [3.05, 3.63) is 69.8 Å². The lowest BCUT2D eigenvalue weighted by Gasteiger charge is -2.21. The van der Waals surface area contributed by atoms with Gasteiger partial charge in [-0.2, -0.15) is 0 Å². The first-order chi connectivity index (χ1) is 11.4. The molecule has 2 aromatic rings. The first-order valence-corrected chi connectivity index (χ1v) is 8.46. The third kappa shape index (κ3) is 4.83. The highest BCUT2D eigenvalue weighted by Gasteiger charge is 2.19. The van der Waals surface area contributed by atoms with Gasteiger partial charge in [0, 0.05) is 30.6 Å². The summed E-state index contributed by atoms with van der Waals surface area (Å²) in [5, 5.41) is 10.4. The van der Waals surface area contributed by atoms with Gasteiger partial charge >= 0.3 is 0 Å². The van der Waals surface area contributed by atoms with Crippen LogP contribution in [0.5, 0.6) is 0 Å². The Labute approximate surface area is 145 Å². The Morgan fingerprint density at radius 1 is 1.17 bits per heavy atom. The lowest BCUT2D eigenvalue weighted by Crippen LogP contribution is -2.32. The first kappa shape index (κ1) is 18.0. The number of amides is 1. The number of carbonyl (C=O) groups is 1. The third-order valence-corrected chi connectivity index (χ3v) is 4.72. The molecule has 1 unspecified atom stereocenters. The zero-order valence-electron chi connectivity index (χ0n) is 13.9. The Kier molecular flexibility index (Phi) is 5.98. The van der Waals surface area contributed by atoms with Crippen molar-refractivity contribution >= 4 is 23.4 Å². The molecule has 0 N–H and O–H groups in total. The highest BCUT2D eigenvalue weighted by Crippen LogP contribution is 2.26. The van der Waals surface area contributed by atoms with Crippen LogP contribution >= 0.6 is 11.8 Å².